The Kier molecular flexibility index (Phi) is 6.50. The van der Waals surface area contributed by atoms with Gasteiger partial charge in [-0.25, -0.2) is 12.7 Å². The number of anilines is 1. The molecule has 2 aromatic rings. The Bertz CT molecular complexity index is 1400. The van der Waals surface area contributed by atoms with Gasteiger partial charge in [-0.3, -0.25) is 14.4 Å². The number of carbonyl (C=O) groups is 3. The molecule has 2 aromatic carbocycles. The van der Waals surface area contributed by atoms with E-state index in [0.717, 1.165) is 9.21 Å². The summed E-state index contributed by atoms with van der Waals surface area (Å²) < 4.78 is 31.5. The van der Waals surface area contributed by atoms with E-state index in [1.807, 2.05) is 0 Å². The van der Waals surface area contributed by atoms with Crippen LogP contribution in [0.4, 0.5) is 5.69 Å². The molecule has 0 aromatic heterocycles. The molecule has 1 atom stereocenters. The third kappa shape index (κ3) is 3.46. The number of likely N-dealkylation sites (N-methyl/N-ethyl adjacent to an activating group) is 1. The summed E-state index contributed by atoms with van der Waals surface area (Å²) in [5, 5.41) is 11.5. The van der Waals surface area contributed by atoms with Crippen LogP contribution in [0.15, 0.2) is 59.0 Å². The number of hydrogen-bond acceptors (Lipinski definition) is 7. The topological polar surface area (TPSA) is 125 Å². The molecule has 190 valence electrons. The van der Waals surface area contributed by atoms with Gasteiger partial charge in [0.2, 0.25) is 10.0 Å². The fraction of sp³-hybridized carbons (Fsp3) is 0.320. The Morgan fingerprint density at radius 2 is 1.78 bits per heavy atom. The number of aliphatic hydroxyl groups is 1. The molecule has 4 rings (SSSR count). The number of benzene rings is 2. The molecular formula is C25H27N3O7S. The number of amides is 2. The van der Waals surface area contributed by atoms with Crippen molar-refractivity contribution in [3.8, 4) is 0 Å². The molecule has 2 heterocycles. The molecule has 1 N–H and O–H groups in total. The van der Waals surface area contributed by atoms with E-state index in [4.69, 9.17) is 4.74 Å². The lowest BCUT2D eigenvalue weighted by Crippen LogP contribution is -2.52. The summed E-state index contributed by atoms with van der Waals surface area (Å²) in [6.07, 6.45) is 0. The molecule has 2 aliphatic rings. The largest absolute Gasteiger partial charge is 0.507 e. The van der Waals surface area contributed by atoms with E-state index >= 15 is 0 Å². The molecule has 11 heteroatoms. The molecule has 1 saturated heterocycles. The first-order chi connectivity index (χ1) is 17.0. The standard InChI is InChI=1S/C25H27N3O7S/c1-5-27-19-12-7-6-11-18(19)25(24(27)32)20(22(30)23(31)28(25)13-14-35-4)21(29)16-9-8-10-17(15-16)36(33,34)26(2)3/h6-12,15,29H,5,13-14H2,1-4H3/b21-20-. The molecule has 36 heavy (non-hydrogen) atoms. The molecule has 2 aliphatic heterocycles. The highest BCUT2D eigenvalue weighted by Crippen LogP contribution is 2.53. The van der Waals surface area contributed by atoms with E-state index in [2.05, 4.69) is 0 Å². The average molecular weight is 514 g/mol. The van der Waals surface area contributed by atoms with Gasteiger partial charge in [-0.05, 0) is 25.1 Å². The fourth-order valence-corrected chi connectivity index (χ4v) is 5.77. The van der Waals surface area contributed by atoms with Gasteiger partial charge in [0.15, 0.2) is 5.54 Å². The lowest BCUT2D eigenvalue weighted by molar-refractivity contribution is -0.144. The summed E-state index contributed by atoms with van der Waals surface area (Å²) in [6.45, 7) is 2.00. The summed E-state index contributed by atoms with van der Waals surface area (Å²) in [4.78, 5) is 43.3. The minimum atomic E-state index is -3.86. The highest BCUT2D eigenvalue weighted by Gasteiger charge is 2.66. The molecule has 1 fully saturated rings. The molecule has 2 amide bonds. The molecule has 1 spiro atoms. The van der Waals surface area contributed by atoms with Crippen LogP contribution >= 0.6 is 0 Å². The fourth-order valence-electron chi connectivity index (χ4n) is 4.82. The predicted octanol–water partition coefficient (Wildman–Crippen LogP) is 1.53. The zero-order valence-corrected chi connectivity index (χ0v) is 21.2. The normalized spacial score (nSPS) is 21.2. The Labute approximate surface area is 209 Å². The molecule has 0 bridgehead atoms. The van der Waals surface area contributed by atoms with E-state index in [-0.39, 0.29) is 30.2 Å². The number of likely N-dealkylation sites (tertiary alicyclic amines) is 1. The van der Waals surface area contributed by atoms with Crippen molar-refractivity contribution in [2.24, 2.45) is 0 Å². The molecule has 0 radical (unpaired) electrons. The Hall–Kier alpha value is -3.54. The van der Waals surface area contributed by atoms with Crippen molar-refractivity contribution >= 4 is 39.1 Å². The van der Waals surface area contributed by atoms with Crippen molar-refractivity contribution in [2.45, 2.75) is 17.4 Å². The van der Waals surface area contributed by atoms with Crippen molar-refractivity contribution in [1.82, 2.24) is 9.21 Å². The molecule has 10 nitrogen and oxygen atoms in total. The van der Waals surface area contributed by atoms with Crippen LogP contribution < -0.4 is 4.90 Å². The lowest BCUT2D eigenvalue weighted by atomic mass is 9.82. The second kappa shape index (κ2) is 9.16. The number of Topliss-reactive ketones (excluding diaryl/α,β-unsaturated/α-hetero) is 1. The predicted molar refractivity (Wildman–Crippen MR) is 132 cm³/mol. The molecule has 0 saturated carbocycles. The number of aliphatic hydroxyl groups excluding tert-OH is 1. The number of fused-ring (bicyclic) bond motifs is 2. The number of nitrogens with zero attached hydrogens (tertiary/aromatic N) is 3. The van der Waals surface area contributed by atoms with Gasteiger partial charge in [0.1, 0.15) is 5.76 Å². The highest BCUT2D eigenvalue weighted by atomic mass is 32.2. The van der Waals surface area contributed by atoms with Gasteiger partial charge < -0.3 is 19.6 Å². The minimum absolute atomic E-state index is 0.0118. The number of rotatable bonds is 7. The minimum Gasteiger partial charge on any atom is -0.507 e. The first-order valence-corrected chi connectivity index (χ1v) is 12.7. The third-order valence-corrected chi connectivity index (χ3v) is 8.34. The van der Waals surface area contributed by atoms with Gasteiger partial charge in [-0.1, -0.05) is 30.3 Å². The van der Waals surface area contributed by atoms with Crippen LogP contribution in [0, 0.1) is 0 Å². The van der Waals surface area contributed by atoms with Crippen molar-refractivity contribution in [3.05, 3.63) is 65.2 Å². The second-order valence-electron chi connectivity index (χ2n) is 8.59. The first kappa shape index (κ1) is 25.5. The monoisotopic (exact) mass is 513 g/mol. The maximum absolute atomic E-state index is 14.0. The highest BCUT2D eigenvalue weighted by molar-refractivity contribution is 7.89. The van der Waals surface area contributed by atoms with Crippen molar-refractivity contribution in [3.63, 3.8) is 0 Å². The second-order valence-corrected chi connectivity index (χ2v) is 10.7. The van der Waals surface area contributed by atoms with Gasteiger partial charge in [0, 0.05) is 45.4 Å². The smallest absolute Gasteiger partial charge is 0.296 e. The van der Waals surface area contributed by atoms with Gasteiger partial charge in [-0.2, -0.15) is 0 Å². The van der Waals surface area contributed by atoms with Gasteiger partial charge >= 0.3 is 0 Å². The van der Waals surface area contributed by atoms with E-state index in [9.17, 15) is 27.9 Å². The maximum atomic E-state index is 14.0. The Morgan fingerprint density at radius 3 is 2.42 bits per heavy atom. The van der Waals surface area contributed by atoms with Crippen LogP contribution in [0.25, 0.3) is 5.76 Å². The maximum Gasteiger partial charge on any atom is 0.296 e. The summed E-state index contributed by atoms with van der Waals surface area (Å²) in [7, 11) is 0.317. The summed E-state index contributed by atoms with van der Waals surface area (Å²) in [5.41, 5.74) is -1.44. The van der Waals surface area contributed by atoms with Crippen molar-refractivity contribution < 1.29 is 32.6 Å². The number of methoxy groups -OCH3 is 1. The number of ether oxygens (including phenoxy) is 1. The summed E-state index contributed by atoms with van der Waals surface area (Å²) in [6, 6.07) is 12.2. The van der Waals surface area contributed by atoms with Crippen LogP contribution in [0.3, 0.4) is 0 Å². The van der Waals surface area contributed by atoms with Crippen LogP contribution in [-0.2, 0) is 34.7 Å². The molecule has 1 unspecified atom stereocenters. The van der Waals surface area contributed by atoms with E-state index < -0.39 is 44.5 Å². The summed E-state index contributed by atoms with van der Waals surface area (Å²) in [5.74, 6) is -3.18. The van der Waals surface area contributed by atoms with Gasteiger partial charge in [-0.15, -0.1) is 0 Å². The summed E-state index contributed by atoms with van der Waals surface area (Å²) >= 11 is 0. The van der Waals surface area contributed by atoms with Gasteiger partial charge in [0.25, 0.3) is 17.6 Å². The van der Waals surface area contributed by atoms with Crippen LogP contribution in [0.5, 0.6) is 0 Å². The average Bonchev–Trinajstić information content (AvgIpc) is 3.24. The number of sulfonamides is 1. The Balaban J connectivity index is 2.05. The van der Waals surface area contributed by atoms with Crippen molar-refractivity contribution in [1.29, 1.82) is 0 Å². The van der Waals surface area contributed by atoms with Crippen LogP contribution in [0.1, 0.15) is 18.1 Å². The first-order valence-electron chi connectivity index (χ1n) is 11.3. The molecular weight excluding hydrogens is 486 g/mol. The van der Waals surface area contributed by atoms with E-state index in [0.29, 0.717) is 11.3 Å². The quantitative estimate of drug-likeness (QED) is 0.338. The lowest BCUT2D eigenvalue weighted by Gasteiger charge is -2.34. The number of hydrogen-bond donors (Lipinski definition) is 1. The SMILES string of the molecule is CCN1C(=O)C2(/C(=C(\O)c3cccc(S(=O)(=O)N(C)C)c3)C(=O)C(=O)N2CCOC)c2ccccc21. The third-order valence-electron chi connectivity index (χ3n) is 6.53. The van der Waals surface area contributed by atoms with Crippen LogP contribution in [0.2, 0.25) is 0 Å². The van der Waals surface area contributed by atoms with Crippen molar-refractivity contribution in [2.75, 3.05) is 45.8 Å². The van der Waals surface area contributed by atoms with E-state index in [1.54, 1.807) is 31.2 Å². The number of ketones is 1. The van der Waals surface area contributed by atoms with Crippen LogP contribution in [-0.4, -0.2) is 81.2 Å². The number of para-hydroxylation sites is 1. The van der Waals surface area contributed by atoms with E-state index in [1.165, 1.54) is 50.4 Å². The molecule has 0 aliphatic carbocycles. The zero-order chi connectivity index (χ0) is 26.4. The zero-order valence-electron chi connectivity index (χ0n) is 20.4. The number of carbonyl (C=O) groups excluding carboxylic acids is 3. The Morgan fingerprint density at radius 1 is 1.08 bits per heavy atom. The van der Waals surface area contributed by atoms with Gasteiger partial charge in [0.05, 0.1) is 22.8 Å².